The van der Waals surface area contributed by atoms with E-state index in [0.717, 1.165) is 15.8 Å². The van der Waals surface area contributed by atoms with Crippen molar-refractivity contribution in [1.82, 2.24) is 20.4 Å². The molecule has 0 fully saturated rings. The molecule has 178 valence electrons. The molecule has 1 aromatic heterocycles. The van der Waals surface area contributed by atoms with Crippen molar-refractivity contribution in [3.05, 3.63) is 60.3 Å². The molecule has 0 radical (unpaired) electrons. The maximum atomic E-state index is 13.1. The number of aromatic amines is 1. The van der Waals surface area contributed by atoms with Crippen LogP contribution in [0.5, 0.6) is 5.75 Å². The first-order chi connectivity index (χ1) is 16.4. The fourth-order valence-electron chi connectivity index (χ4n) is 3.30. The number of carbonyl (C=O) groups is 3. The van der Waals surface area contributed by atoms with Crippen molar-refractivity contribution in [3.63, 3.8) is 0 Å². The Morgan fingerprint density at radius 3 is 2.68 bits per heavy atom. The molecule has 3 rings (SSSR count). The first-order valence-corrected chi connectivity index (χ1v) is 10.6. The lowest BCUT2D eigenvalue weighted by atomic mass is 10.2. The number of para-hydroxylation sites is 1. The van der Waals surface area contributed by atoms with Crippen LogP contribution in [0.4, 0.5) is 10.5 Å². The quantitative estimate of drug-likeness (QED) is 0.469. The van der Waals surface area contributed by atoms with Gasteiger partial charge in [0.2, 0.25) is 5.91 Å². The molecule has 2 aromatic carbocycles. The lowest BCUT2D eigenvalue weighted by molar-refractivity contribution is -0.121. The molecule has 3 aromatic rings. The number of rotatable bonds is 9. The van der Waals surface area contributed by atoms with E-state index in [1.54, 1.807) is 37.5 Å². The summed E-state index contributed by atoms with van der Waals surface area (Å²) in [7, 11) is 4.25. The molecule has 0 atom stereocenters. The predicted molar refractivity (Wildman–Crippen MR) is 129 cm³/mol. The second-order valence-corrected chi connectivity index (χ2v) is 7.36. The second kappa shape index (κ2) is 11.5. The number of nitrogens with one attached hydrogen (secondary N) is 2. The summed E-state index contributed by atoms with van der Waals surface area (Å²) in [5.41, 5.74) is 2.13. The summed E-state index contributed by atoms with van der Waals surface area (Å²) in [5, 5.41) is 10.8. The Bertz CT molecular complexity index is 1190. The SMILES string of the molecule is COC(=O)N(C)CC(=O)NCCN(C(=O)/C=C/c1n[nH]c2ccccc12)c1cccc(OC)c1. The number of fused-ring (bicyclic) bond motifs is 1. The number of nitrogens with zero attached hydrogens (tertiary/aromatic N) is 3. The summed E-state index contributed by atoms with van der Waals surface area (Å²) < 4.78 is 9.86. The van der Waals surface area contributed by atoms with Gasteiger partial charge in [-0.25, -0.2) is 4.79 Å². The molecule has 0 spiro atoms. The minimum absolute atomic E-state index is 0.161. The fourth-order valence-corrected chi connectivity index (χ4v) is 3.30. The van der Waals surface area contributed by atoms with Gasteiger partial charge in [0, 0.05) is 43.4 Å². The summed E-state index contributed by atoms with van der Waals surface area (Å²) in [6.45, 7) is 0.215. The minimum Gasteiger partial charge on any atom is -0.497 e. The van der Waals surface area contributed by atoms with E-state index in [2.05, 4.69) is 20.3 Å². The predicted octanol–water partition coefficient (Wildman–Crippen LogP) is 2.43. The summed E-state index contributed by atoms with van der Waals surface area (Å²) in [5.74, 6) is -0.0629. The Balaban J connectivity index is 1.72. The van der Waals surface area contributed by atoms with Crippen LogP contribution in [0.1, 0.15) is 5.69 Å². The number of benzene rings is 2. The van der Waals surface area contributed by atoms with Crippen molar-refractivity contribution in [1.29, 1.82) is 0 Å². The van der Waals surface area contributed by atoms with Crippen LogP contribution in [0.3, 0.4) is 0 Å². The van der Waals surface area contributed by atoms with Crippen LogP contribution in [0.25, 0.3) is 17.0 Å². The van der Waals surface area contributed by atoms with Gasteiger partial charge in [0.25, 0.3) is 5.91 Å². The zero-order chi connectivity index (χ0) is 24.5. The van der Waals surface area contributed by atoms with Gasteiger partial charge in [-0.2, -0.15) is 5.10 Å². The van der Waals surface area contributed by atoms with Gasteiger partial charge in [0.1, 0.15) is 12.3 Å². The third kappa shape index (κ3) is 6.12. The zero-order valence-electron chi connectivity index (χ0n) is 19.3. The molecule has 2 N–H and O–H groups in total. The van der Waals surface area contributed by atoms with Gasteiger partial charge in [-0.15, -0.1) is 0 Å². The number of hydrogen-bond acceptors (Lipinski definition) is 6. The van der Waals surface area contributed by atoms with Crippen LogP contribution in [0.2, 0.25) is 0 Å². The Labute approximate surface area is 197 Å². The monoisotopic (exact) mass is 465 g/mol. The van der Waals surface area contributed by atoms with E-state index in [4.69, 9.17) is 4.74 Å². The van der Waals surface area contributed by atoms with Gasteiger partial charge in [-0.05, 0) is 24.3 Å². The topological polar surface area (TPSA) is 117 Å². The van der Waals surface area contributed by atoms with Gasteiger partial charge in [-0.3, -0.25) is 14.7 Å². The van der Waals surface area contributed by atoms with E-state index in [9.17, 15) is 14.4 Å². The number of hydrogen-bond donors (Lipinski definition) is 2. The van der Waals surface area contributed by atoms with Crippen LogP contribution in [0.15, 0.2) is 54.6 Å². The Hall–Kier alpha value is -4.34. The zero-order valence-corrected chi connectivity index (χ0v) is 19.3. The number of carbonyl (C=O) groups excluding carboxylic acids is 3. The molecule has 0 aliphatic heterocycles. The molecule has 0 saturated carbocycles. The van der Waals surface area contributed by atoms with Gasteiger partial charge in [0.15, 0.2) is 0 Å². The molecule has 10 heteroatoms. The largest absolute Gasteiger partial charge is 0.497 e. The molecular formula is C24H27N5O5. The average Bonchev–Trinajstić information content (AvgIpc) is 3.27. The molecule has 0 bridgehead atoms. The Morgan fingerprint density at radius 2 is 1.91 bits per heavy atom. The molecule has 0 saturated heterocycles. The average molecular weight is 466 g/mol. The van der Waals surface area contributed by atoms with Crippen LogP contribution in [-0.4, -0.2) is 73.9 Å². The van der Waals surface area contributed by atoms with Crippen molar-refractivity contribution >= 4 is 40.6 Å². The highest BCUT2D eigenvalue weighted by molar-refractivity contribution is 6.05. The number of amides is 3. The van der Waals surface area contributed by atoms with Crippen LogP contribution in [-0.2, 0) is 14.3 Å². The summed E-state index contributed by atoms with van der Waals surface area (Å²) in [4.78, 5) is 39.4. The summed E-state index contributed by atoms with van der Waals surface area (Å²) in [6, 6.07) is 14.7. The number of aromatic nitrogens is 2. The third-order valence-corrected chi connectivity index (χ3v) is 5.04. The van der Waals surface area contributed by atoms with Crippen molar-refractivity contribution in [3.8, 4) is 5.75 Å². The first kappa shape index (κ1) is 24.3. The number of methoxy groups -OCH3 is 2. The maximum Gasteiger partial charge on any atom is 0.409 e. The maximum absolute atomic E-state index is 13.1. The van der Waals surface area contributed by atoms with Crippen LogP contribution in [0, 0.1) is 0 Å². The summed E-state index contributed by atoms with van der Waals surface area (Å²) >= 11 is 0. The molecule has 0 aliphatic rings. The molecule has 34 heavy (non-hydrogen) atoms. The van der Waals surface area contributed by atoms with Crippen molar-refractivity contribution < 1.29 is 23.9 Å². The van der Waals surface area contributed by atoms with E-state index in [1.807, 2.05) is 24.3 Å². The normalized spacial score (nSPS) is 10.8. The van der Waals surface area contributed by atoms with E-state index >= 15 is 0 Å². The van der Waals surface area contributed by atoms with Gasteiger partial charge < -0.3 is 24.6 Å². The molecule has 0 unspecified atom stereocenters. The molecule has 0 aliphatic carbocycles. The van der Waals surface area contributed by atoms with Crippen molar-refractivity contribution in [2.45, 2.75) is 0 Å². The van der Waals surface area contributed by atoms with Gasteiger partial charge in [0.05, 0.1) is 25.4 Å². The highest BCUT2D eigenvalue weighted by Gasteiger charge is 2.16. The van der Waals surface area contributed by atoms with E-state index in [0.29, 0.717) is 17.1 Å². The van der Waals surface area contributed by atoms with E-state index in [1.165, 1.54) is 25.1 Å². The smallest absolute Gasteiger partial charge is 0.409 e. The van der Waals surface area contributed by atoms with Gasteiger partial charge in [-0.1, -0.05) is 24.3 Å². The fraction of sp³-hybridized carbons (Fsp3) is 0.250. The minimum atomic E-state index is -0.612. The van der Waals surface area contributed by atoms with Crippen LogP contribution >= 0.6 is 0 Å². The van der Waals surface area contributed by atoms with E-state index < -0.39 is 6.09 Å². The molecule has 3 amide bonds. The lowest BCUT2D eigenvalue weighted by Crippen LogP contribution is -2.42. The Kier molecular flexibility index (Phi) is 8.22. The number of likely N-dealkylation sites (N-methyl/N-ethyl adjacent to an activating group) is 1. The highest BCUT2D eigenvalue weighted by atomic mass is 16.5. The number of ether oxygens (including phenoxy) is 2. The van der Waals surface area contributed by atoms with Gasteiger partial charge >= 0.3 is 6.09 Å². The molecular weight excluding hydrogens is 438 g/mol. The number of anilines is 1. The molecule has 1 heterocycles. The third-order valence-electron chi connectivity index (χ3n) is 5.04. The van der Waals surface area contributed by atoms with Crippen molar-refractivity contribution in [2.24, 2.45) is 0 Å². The van der Waals surface area contributed by atoms with Crippen molar-refractivity contribution in [2.75, 3.05) is 45.8 Å². The van der Waals surface area contributed by atoms with E-state index in [-0.39, 0.29) is 31.4 Å². The summed E-state index contributed by atoms with van der Waals surface area (Å²) in [6.07, 6.45) is 2.48. The molecule has 10 nitrogen and oxygen atoms in total. The van der Waals surface area contributed by atoms with Crippen LogP contribution < -0.4 is 15.0 Å². The number of H-pyrrole nitrogens is 1. The first-order valence-electron chi connectivity index (χ1n) is 10.6. The second-order valence-electron chi connectivity index (χ2n) is 7.36. The highest BCUT2D eigenvalue weighted by Crippen LogP contribution is 2.22. The Morgan fingerprint density at radius 1 is 1.12 bits per heavy atom. The lowest BCUT2D eigenvalue weighted by Gasteiger charge is -2.22. The standard InChI is InChI=1S/C24H27N5O5/c1-28(24(32)34-3)16-22(30)25-13-14-29(17-7-6-8-18(15-17)33-2)23(31)12-11-21-19-9-4-5-10-20(19)26-27-21/h4-12,15H,13-14,16H2,1-3H3,(H,25,30)(H,26,27)/b12-11+.